The van der Waals surface area contributed by atoms with Crippen LogP contribution in [0, 0.1) is 10.7 Å². The molecule has 81 heavy (non-hydrogen) atoms. The molecule has 0 aliphatic carbocycles. The summed E-state index contributed by atoms with van der Waals surface area (Å²) < 4.78 is 59.3. The number of thioether (sulfide) groups is 1. The number of benzene rings is 5. The molecule has 0 amide bonds. The Balaban J connectivity index is 0.705. The first-order valence-electron chi connectivity index (χ1n) is 27.0. The van der Waals surface area contributed by atoms with E-state index in [0.29, 0.717) is 136 Å². The summed E-state index contributed by atoms with van der Waals surface area (Å²) in [6.45, 7) is 8.21. The van der Waals surface area contributed by atoms with Crippen molar-refractivity contribution in [3.8, 4) is 11.2 Å². The average molecular weight is 1130 g/mol. The van der Waals surface area contributed by atoms with Gasteiger partial charge in [0.15, 0.2) is 0 Å². The second-order valence-electron chi connectivity index (χ2n) is 18.4. The fourth-order valence-corrected chi connectivity index (χ4v) is 9.40. The fraction of sp³-hybridized carbons (Fsp3) is 0.414. The van der Waals surface area contributed by atoms with Crippen LogP contribution in [0.2, 0.25) is 0 Å². The Morgan fingerprint density at radius 3 is 1.94 bits per heavy atom. The van der Waals surface area contributed by atoms with Crippen LogP contribution in [0.25, 0.3) is 10.9 Å². The molecule has 1 aromatic heterocycles. The molecule has 3 heterocycles. The number of nitrogens with zero attached hydrogens (tertiary/aromatic N) is 7. The highest BCUT2D eigenvalue weighted by atomic mass is 32.2. The molecule has 0 saturated heterocycles. The topological polar surface area (TPSA) is 234 Å². The van der Waals surface area contributed by atoms with Crippen LogP contribution >= 0.6 is 11.8 Å². The van der Waals surface area contributed by atoms with E-state index in [4.69, 9.17) is 67.8 Å². The minimum atomic E-state index is -1.52. The van der Waals surface area contributed by atoms with Crippen LogP contribution in [0.15, 0.2) is 148 Å². The average Bonchev–Trinajstić information content (AvgIpc) is 4.14. The fourth-order valence-electron chi connectivity index (χ4n) is 9.03. The van der Waals surface area contributed by atoms with Crippen molar-refractivity contribution in [3.05, 3.63) is 150 Å². The summed E-state index contributed by atoms with van der Waals surface area (Å²) >= 11 is 1.13. The molecule has 0 bridgehead atoms. The molecule has 3 N–H and O–H groups in total. The molecule has 8 rings (SSSR count). The third-order valence-electron chi connectivity index (χ3n) is 13.0. The van der Waals surface area contributed by atoms with Crippen molar-refractivity contribution in [1.82, 2.24) is 4.73 Å². The van der Waals surface area contributed by atoms with Gasteiger partial charge in [-0.3, -0.25) is 0 Å². The largest absolute Gasteiger partial charge is 0.491 e. The molecular formula is C58H70BN7O14S. The number of rotatable bonds is 38. The number of anilines is 2. The van der Waals surface area contributed by atoms with Crippen LogP contribution in [0.3, 0.4) is 0 Å². The van der Waals surface area contributed by atoms with Crippen molar-refractivity contribution in [3.63, 3.8) is 0 Å². The molecule has 0 fully saturated rings. The Labute approximate surface area is 476 Å². The normalized spacial score (nSPS) is 15.1. The highest BCUT2D eigenvalue weighted by Gasteiger charge is 2.40. The standard InChI is InChI=1S/C58H70BN7O14S/c60-44-81-51-19-15-48(16-20-51)66-58-53-9-2-1-7-45(53)40-64(55-11-5-4-10-54(55)57(58)62-63-66)21-22-70-23-24-73-34-37-79-50(42-76-31-29-71-25-27-74-33-36-78-49-17-13-47(14-18-49)59(67)68)43-77-32-30-72-26-28-75-35-38-80-61-39-46-41-65(69)56-12-6-3-8-52(46)56/h1-20,39,41,50,57-58,67-69H,21-38,40,42-43H2/b61-39+. The van der Waals surface area contributed by atoms with Crippen LogP contribution < -0.4 is 20.1 Å². The van der Waals surface area contributed by atoms with Crippen molar-refractivity contribution in [2.24, 2.45) is 15.5 Å². The Bertz CT molecular complexity index is 2880. The zero-order valence-corrected chi connectivity index (χ0v) is 46.0. The molecule has 21 nitrogen and oxygen atoms in total. The number of nitriles is 1. The number of hydrogen-bond donors (Lipinski definition) is 3. The van der Waals surface area contributed by atoms with Gasteiger partial charge in [0.05, 0.1) is 136 Å². The van der Waals surface area contributed by atoms with E-state index in [1.165, 1.54) is 11.1 Å². The van der Waals surface area contributed by atoms with E-state index >= 15 is 0 Å². The second kappa shape index (κ2) is 34.0. The third-order valence-corrected chi connectivity index (χ3v) is 13.6. The van der Waals surface area contributed by atoms with Crippen molar-refractivity contribution in [2.45, 2.75) is 29.6 Å². The molecule has 5 aromatic carbocycles. The smallest absolute Gasteiger partial charge is 0.488 e. The van der Waals surface area contributed by atoms with Gasteiger partial charge in [-0.15, -0.1) is 0 Å². The number of hydrogen-bond acceptors (Lipinski definition) is 21. The Kier molecular flexibility index (Phi) is 25.4. The predicted octanol–water partition coefficient (Wildman–Crippen LogP) is 6.77. The molecule has 23 heteroatoms. The van der Waals surface area contributed by atoms with Crippen LogP contribution in [-0.2, 0) is 54.0 Å². The number of aromatic nitrogens is 1. The lowest BCUT2D eigenvalue weighted by Gasteiger charge is -2.35. The van der Waals surface area contributed by atoms with Crippen LogP contribution in [0.5, 0.6) is 5.75 Å². The van der Waals surface area contributed by atoms with Crippen LogP contribution in [0.4, 0.5) is 11.4 Å². The predicted molar refractivity (Wildman–Crippen MR) is 305 cm³/mol. The van der Waals surface area contributed by atoms with E-state index in [1.807, 2.05) is 53.5 Å². The van der Waals surface area contributed by atoms with Crippen LogP contribution in [0.1, 0.15) is 34.3 Å². The molecule has 430 valence electrons. The van der Waals surface area contributed by atoms with Crippen molar-refractivity contribution < 1.29 is 67.5 Å². The summed E-state index contributed by atoms with van der Waals surface area (Å²) in [7, 11) is -1.52. The van der Waals surface area contributed by atoms with Crippen molar-refractivity contribution in [1.29, 1.82) is 5.26 Å². The monoisotopic (exact) mass is 1130 g/mol. The first-order chi connectivity index (χ1) is 40.0. The molecule has 0 radical (unpaired) electrons. The summed E-state index contributed by atoms with van der Waals surface area (Å²) in [4.78, 5) is 8.55. The van der Waals surface area contributed by atoms with Crippen LogP contribution in [-0.4, -0.2) is 171 Å². The van der Waals surface area contributed by atoms with Gasteiger partial charge in [-0.2, -0.15) is 15.1 Å². The maximum Gasteiger partial charge on any atom is 0.488 e. The summed E-state index contributed by atoms with van der Waals surface area (Å²) in [5, 5.41) is 56.3. The first-order valence-corrected chi connectivity index (χ1v) is 27.8. The highest BCUT2D eigenvalue weighted by Crippen LogP contribution is 2.49. The lowest BCUT2D eigenvalue weighted by Crippen LogP contribution is -2.33. The van der Waals surface area contributed by atoms with Crippen molar-refractivity contribution >= 4 is 52.8 Å². The zero-order chi connectivity index (χ0) is 56.1. The molecule has 6 aromatic rings. The van der Waals surface area contributed by atoms with Gasteiger partial charge in [0, 0.05) is 40.2 Å². The summed E-state index contributed by atoms with van der Waals surface area (Å²) in [6.07, 6.45) is 2.78. The molecule has 3 unspecified atom stereocenters. The minimum Gasteiger partial charge on any atom is -0.491 e. The number of fused-ring (bicyclic) bond motifs is 6. The minimum absolute atomic E-state index is 0.135. The quantitative estimate of drug-likeness (QED) is 0.00690. The number of thiocyanates is 1. The van der Waals surface area contributed by atoms with E-state index in [2.05, 4.69) is 64.0 Å². The number of ether oxygens (including phenoxy) is 10. The van der Waals surface area contributed by atoms with Gasteiger partial charge in [0.1, 0.15) is 42.6 Å². The lowest BCUT2D eigenvalue weighted by atomic mass is 9.80. The molecule has 0 saturated carbocycles. The lowest BCUT2D eigenvalue weighted by molar-refractivity contribution is -0.0869. The Morgan fingerprint density at radius 2 is 1.25 bits per heavy atom. The molecule has 2 aliphatic heterocycles. The van der Waals surface area contributed by atoms with Gasteiger partial charge >= 0.3 is 7.12 Å². The van der Waals surface area contributed by atoms with E-state index in [9.17, 15) is 15.3 Å². The second-order valence-corrected chi connectivity index (χ2v) is 19.3. The summed E-state index contributed by atoms with van der Waals surface area (Å²) in [5.41, 5.74) is 7.29. The summed E-state index contributed by atoms with van der Waals surface area (Å²) in [5.74, 6) is 0.609. The molecule has 2 aliphatic rings. The summed E-state index contributed by atoms with van der Waals surface area (Å²) in [6, 6.07) is 38.4. The molecule has 3 atom stereocenters. The van der Waals surface area contributed by atoms with E-state index in [0.717, 1.165) is 49.3 Å². The highest BCUT2D eigenvalue weighted by molar-refractivity contribution is 8.03. The first kappa shape index (κ1) is 60.5. The number of para-hydroxylation sites is 2. The van der Waals surface area contributed by atoms with Gasteiger partial charge in [-0.1, -0.05) is 83.2 Å². The maximum absolute atomic E-state index is 10.0. The SMILES string of the molecule is N#CSc1ccc(N2N=NC3c4ccccc4N(CCOCCOCCOC(COCCOCCOCCO/N=C/c4cn(O)c5ccccc45)COCCOCCOCCOc4ccc(B(O)O)cc4)Cc4ccccc4C32)cc1. The third kappa shape index (κ3) is 19.0. The van der Waals surface area contributed by atoms with Crippen molar-refractivity contribution in [2.75, 3.05) is 142 Å². The van der Waals surface area contributed by atoms with Gasteiger partial charge in [0.2, 0.25) is 0 Å². The molecule has 0 spiro atoms. The zero-order valence-electron chi connectivity index (χ0n) is 45.2. The Hall–Kier alpha value is -6.63. The van der Waals surface area contributed by atoms with E-state index in [-0.39, 0.29) is 38.0 Å². The maximum atomic E-state index is 10.0. The van der Waals surface area contributed by atoms with Gasteiger partial charge < -0.3 is 72.4 Å². The van der Waals surface area contributed by atoms with Gasteiger partial charge in [-0.25, -0.2) is 5.01 Å². The Morgan fingerprint density at radius 1 is 0.654 bits per heavy atom. The van der Waals surface area contributed by atoms with Gasteiger partial charge in [0.25, 0.3) is 0 Å². The molecular weight excluding hydrogens is 1060 g/mol. The van der Waals surface area contributed by atoms with E-state index in [1.54, 1.807) is 36.7 Å². The number of oxime groups is 1. The van der Waals surface area contributed by atoms with E-state index < -0.39 is 7.12 Å². The van der Waals surface area contributed by atoms with Gasteiger partial charge in [-0.05, 0) is 76.9 Å².